The maximum Gasteiger partial charge on any atom is 0.273 e. The van der Waals surface area contributed by atoms with Gasteiger partial charge in [-0.3, -0.25) is 10.1 Å². The van der Waals surface area contributed by atoms with Crippen molar-refractivity contribution >= 4 is 5.69 Å². The normalized spacial score (nSPS) is 10.6. The number of benzene rings is 1. The molecule has 0 unspecified atom stereocenters. The third-order valence-electron chi connectivity index (χ3n) is 2.31. The van der Waals surface area contributed by atoms with Crippen LogP contribution in [-0.4, -0.2) is 50.2 Å². The number of hydrogen-bond acceptors (Lipinski definition) is 5. The molecule has 0 bridgehead atoms. The molecule has 100 valence electrons. The lowest BCUT2D eigenvalue weighted by Crippen LogP contribution is -2.29. The van der Waals surface area contributed by atoms with Crippen molar-refractivity contribution in [2.45, 2.75) is 0 Å². The van der Waals surface area contributed by atoms with Gasteiger partial charge in [0.25, 0.3) is 5.69 Å². The Morgan fingerprint density at radius 2 is 2.17 bits per heavy atom. The van der Waals surface area contributed by atoms with E-state index >= 15 is 0 Å². The topological polar surface area (TPSA) is 67.6 Å². The molecule has 0 fully saturated rings. The van der Waals surface area contributed by atoms with Crippen molar-refractivity contribution in [1.82, 2.24) is 10.2 Å². The van der Waals surface area contributed by atoms with Gasteiger partial charge >= 0.3 is 0 Å². The second-order valence-corrected chi connectivity index (χ2v) is 4.16. The number of nitro benzene ring substituents is 1. The van der Waals surface area contributed by atoms with Gasteiger partial charge < -0.3 is 15.0 Å². The number of ether oxygens (including phenoxy) is 1. The van der Waals surface area contributed by atoms with Crippen LogP contribution >= 0.6 is 0 Å². The van der Waals surface area contributed by atoms with E-state index in [1.54, 1.807) is 12.1 Å². The SMILES string of the molecule is CN(C)CCNCCOc1cccc([N+](=O)[O-])c1. The van der Waals surface area contributed by atoms with Crippen molar-refractivity contribution in [3.8, 4) is 5.75 Å². The Kier molecular flexibility index (Phi) is 6.10. The van der Waals surface area contributed by atoms with E-state index in [-0.39, 0.29) is 5.69 Å². The van der Waals surface area contributed by atoms with E-state index in [0.29, 0.717) is 12.4 Å². The Hall–Kier alpha value is -1.66. The van der Waals surface area contributed by atoms with Crippen LogP contribution in [0, 0.1) is 10.1 Å². The molecule has 0 saturated carbocycles. The molecule has 6 heteroatoms. The number of nitrogens with one attached hydrogen (secondary N) is 1. The summed E-state index contributed by atoms with van der Waals surface area (Å²) in [6, 6.07) is 6.21. The zero-order valence-electron chi connectivity index (χ0n) is 10.8. The summed E-state index contributed by atoms with van der Waals surface area (Å²) in [7, 11) is 4.03. The summed E-state index contributed by atoms with van der Waals surface area (Å²) < 4.78 is 5.42. The van der Waals surface area contributed by atoms with Gasteiger partial charge in [0.1, 0.15) is 12.4 Å². The van der Waals surface area contributed by atoms with Gasteiger partial charge in [-0.05, 0) is 20.2 Å². The number of hydrogen-bond donors (Lipinski definition) is 1. The van der Waals surface area contributed by atoms with E-state index < -0.39 is 4.92 Å². The monoisotopic (exact) mass is 253 g/mol. The Morgan fingerprint density at radius 1 is 1.39 bits per heavy atom. The third-order valence-corrected chi connectivity index (χ3v) is 2.31. The molecule has 0 amide bonds. The van der Waals surface area contributed by atoms with Gasteiger partial charge in [-0.1, -0.05) is 6.07 Å². The lowest BCUT2D eigenvalue weighted by molar-refractivity contribution is -0.384. The minimum atomic E-state index is -0.428. The minimum Gasteiger partial charge on any atom is -0.492 e. The quantitative estimate of drug-likeness (QED) is 0.427. The van der Waals surface area contributed by atoms with Gasteiger partial charge in [-0.15, -0.1) is 0 Å². The second-order valence-electron chi connectivity index (χ2n) is 4.16. The van der Waals surface area contributed by atoms with Crippen LogP contribution in [0.3, 0.4) is 0 Å². The molecule has 0 aliphatic carbocycles. The average Bonchev–Trinajstić information content (AvgIpc) is 2.33. The van der Waals surface area contributed by atoms with Gasteiger partial charge in [-0.25, -0.2) is 0 Å². The highest BCUT2D eigenvalue weighted by Gasteiger charge is 2.05. The van der Waals surface area contributed by atoms with Crippen molar-refractivity contribution in [2.24, 2.45) is 0 Å². The Labute approximate surface area is 107 Å². The van der Waals surface area contributed by atoms with Crippen LogP contribution in [0.1, 0.15) is 0 Å². The molecule has 0 radical (unpaired) electrons. The fraction of sp³-hybridized carbons (Fsp3) is 0.500. The number of non-ortho nitro benzene ring substituents is 1. The number of nitro groups is 1. The highest BCUT2D eigenvalue weighted by molar-refractivity contribution is 5.37. The first-order valence-electron chi connectivity index (χ1n) is 5.82. The molecule has 1 rings (SSSR count). The van der Waals surface area contributed by atoms with Crippen molar-refractivity contribution < 1.29 is 9.66 Å². The van der Waals surface area contributed by atoms with E-state index in [2.05, 4.69) is 10.2 Å². The zero-order chi connectivity index (χ0) is 13.4. The first-order valence-corrected chi connectivity index (χ1v) is 5.82. The molecule has 6 nitrogen and oxygen atoms in total. The summed E-state index contributed by atoms with van der Waals surface area (Å²) in [5.41, 5.74) is 0.0491. The van der Waals surface area contributed by atoms with E-state index in [1.807, 2.05) is 14.1 Å². The first kappa shape index (κ1) is 14.4. The number of likely N-dealkylation sites (N-methyl/N-ethyl adjacent to an activating group) is 1. The lowest BCUT2D eigenvalue weighted by Gasteiger charge is -2.10. The van der Waals surface area contributed by atoms with Crippen LogP contribution < -0.4 is 10.1 Å². The predicted molar refractivity (Wildman–Crippen MR) is 70.0 cm³/mol. The van der Waals surface area contributed by atoms with Gasteiger partial charge in [-0.2, -0.15) is 0 Å². The van der Waals surface area contributed by atoms with Crippen LogP contribution in [0.4, 0.5) is 5.69 Å². The van der Waals surface area contributed by atoms with E-state index in [4.69, 9.17) is 4.74 Å². The lowest BCUT2D eigenvalue weighted by atomic mass is 10.3. The summed E-state index contributed by atoms with van der Waals surface area (Å²) in [6.07, 6.45) is 0. The van der Waals surface area contributed by atoms with Gasteiger partial charge in [0, 0.05) is 25.7 Å². The first-order chi connectivity index (χ1) is 8.59. The predicted octanol–water partition coefficient (Wildman–Crippen LogP) is 1.12. The second kappa shape index (κ2) is 7.62. The van der Waals surface area contributed by atoms with E-state index in [1.165, 1.54) is 12.1 Å². The Bertz CT molecular complexity index is 383. The molecule has 0 aromatic heterocycles. The molecule has 0 saturated heterocycles. The van der Waals surface area contributed by atoms with Crippen LogP contribution in [0.2, 0.25) is 0 Å². The standard InChI is InChI=1S/C12H19N3O3/c1-14(2)8-6-13-7-9-18-12-5-3-4-11(10-12)15(16)17/h3-5,10,13H,6-9H2,1-2H3. The van der Waals surface area contributed by atoms with Gasteiger partial charge in [0.05, 0.1) is 11.0 Å². The molecule has 0 aliphatic rings. The van der Waals surface area contributed by atoms with Crippen LogP contribution in [0.5, 0.6) is 5.75 Å². The van der Waals surface area contributed by atoms with Crippen molar-refractivity contribution in [1.29, 1.82) is 0 Å². The molecular formula is C12H19N3O3. The Balaban J connectivity index is 2.23. The molecule has 0 aliphatic heterocycles. The molecule has 1 aromatic rings. The molecule has 18 heavy (non-hydrogen) atoms. The van der Waals surface area contributed by atoms with Crippen LogP contribution in [0.15, 0.2) is 24.3 Å². The third kappa shape index (κ3) is 5.60. The summed E-state index contributed by atoms with van der Waals surface area (Å²) in [6.45, 7) is 3.08. The summed E-state index contributed by atoms with van der Waals surface area (Å²) in [4.78, 5) is 12.2. The number of nitrogens with zero attached hydrogens (tertiary/aromatic N) is 2. The fourth-order valence-corrected chi connectivity index (χ4v) is 1.36. The largest absolute Gasteiger partial charge is 0.492 e. The summed E-state index contributed by atoms with van der Waals surface area (Å²) in [5.74, 6) is 0.526. The molecular weight excluding hydrogens is 234 g/mol. The smallest absolute Gasteiger partial charge is 0.273 e. The van der Waals surface area contributed by atoms with Gasteiger partial charge in [0.2, 0.25) is 0 Å². The maximum atomic E-state index is 10.6. The molecule has 1 N–H and O–H groups in total. The van der Waals surface area contributed by atoms with Crippen LogP contribution in [0.25, 0.3) is 0 Å². The van der Waals surface area contributed by atoms with Gasteiger partial charge in [0.15, 0.2) is 0 Å². The highest BCUT2D eigenvalue weighted by Crippen LogP contribution is 2.18. The molecule has 1 aromatic carbocycles. The molecule has 0 heterocycles. The van der Waals surface area contributed by atoms with E-state index in [9.17, 15) is 10.1 Å². The fourth-order valence-electron chi connectivity index (χ4n) is 1.36. The van der Waals surface area contributed by atoms with Crippen molar-refractivity contribution in [3.63, 3.8) is 0 Å². The highest BCUT2D eigenvalue weighted by atomic mass is 16.6. The minimum absolute atomic E-state index is 0.0491. The molecule has 0 atom stereocenters. The molecule has 0 spiro atoms. The summed E-state index contributed by atoms with van der Waals surface area (Å²) in [5, 5.41) is 13.8. The average molecular weight is 253 g/mol. The Morgan fingerprint density at radius 3 is 2.83 bits per heavy atom. The number of rotatable bonds is 8. The zero-order valence-corrected chi connectivity index (χ0v) is 10.8. The van der Waals surface area contributed by atoms with Crippen molar-refractivity contribution in [2.75, 3.05) is 40.3 Å². The van der Waals surface area contributed by atoms with Crippen molar-refractivity contribution in [3.05, 3.63) is 34.4 Å². The maximum absolute atomic E-state index is 10.6. The van der Waals surface area contributed by atoms with E-state index in [0.717, 1.165) is 19.6 Å². The van der Waals surface area contributed by atoms with Crippen LogP contribution in [-0.2, 0) is 0 Å². The summed E-state index contributed by atoms with van der Waals surface area (Å²) >= 11 is 0.